The van der Waals surface area contributed by atoms with E-state index in [2.05, 4.69) is 25.5 Å². The summed E-state index contributed by atoms with van der Waals surface area (Å²) in [5, 5.41) is 3.85. The molecule has 0 spiro atoms. The molecule has 1 aromatic carbocycles. The van der Waals surface area contributed by atoms with E-state index >= 15 is 0 Å². The Balaban J connectivity index is 2.27. The van der Waals surface area contributed by atoms with E-state index in [1.165, 1.54) is 0 Å². The molecule has 2 rings (SSSR count). The molecule has 0 fully saturated rings. The highest BCUT2D eigenvalue weighted by atomic mass is 79.9. The van der Waals surface area contributed by atoms with Gasteiger partial charge in [-0.05, 0) is 36.7 Å². The first-order valence-corrected chi connectivity index (χ1v) is 6.83. The maximum atomic E-state index is 12.1. The molecule has 1 aromatic heterocycles. The molecule has 0 bridgehead atoms. The number of ketones is 1. The summed E-state index contributed by atoms with van der Waals surface area (Å²) in [4.78, 5) is 12.7. The summed E-state index contributed by atoms with van der Waals surface area (Å²) in [6, 6.07) is 5.61. The van der Waals surface area contributed by atoms with Crippen LogP contribution in [-0.2, 0) is 6.42 Å². The highest BCUT2D eigenvalue weighted by Gasteiger charge is 2.16. The van der Waals surface area contributed by atoms with Crippen LogP contribution in [0.3, 0.4) is 0 Å². The second-order valence-corrected chi connectivity index (χ2v) is 5.41. The van der Waals surface area contributed by atoms with Gasteiger partial charge in [0.05, 0.1) is 12.8 Å². The molecular weight excluding hydrogens is 316 g/mol. The molecule has 0 radical (unpaired) electrons. The lowest BCUT2D eigenvalue weighted by Gasteiger charge is -2.07. The quantitative estimate of drug-likeness (QED) is 0.810. The number of aryl methyl sites for hydroxylation is 1. The van der Waals surface area contributed by atoms with Crippen LogP contribution in [0.1, 0.15) is 20.9 Å². The Labute approximate surface area is 117 Å². The summed E-state index contributed by atoms with van der Waals surface area (Å²) in [6.45, 7) is 1.79. The number of Topliss-reactive ketones (excluding diaryl/α,β-unsaturated/α-hetero) is 1. The van der Waals surface area contributed by atoms with Crippen LogP contribution in [0.15, 0.2) is 22.7 Å². The van der Waals surface area contributed by atoms with Gasteiger partial charge in [0.2, 0.25) is 0 Å². The second-order valence-electron chi connectivity index (χ2n) is 3.74. The molecule has 18 heavy (non-hydrogen) atoms. The number of nitrogens with zero attached hydrogens (tertiary/aromatic N) is 2. The average Bonchev–Trinajstić information content (AvgIpc) is 2.76. The lowest BCUT2D eigenvalue weighted by atomic mass is 10.1. The molecule has 1 heterocycles. The van der Waals surface area contributed by atoms with Gasteiger partial charge in [-0.3, -0.25) is 4.79 Å². The van der Waals surface area contributed by atoms with Crippen molar-refractivity contribution in [3.8, 4) is 5.75 Å². The number of carbonyl (C=O) groups is 1. The summed E-state index contributed by atoms with van der Waals surface area (Å²) < 4.78 is 9.94. The predicted octanol–water partition coefficient (Wildman–Crippen LogP) is 3.04. The summed E-state index contributed by atoms with van der Waals surface area (Å²) in [5.74, 6) is 0.723. The fourth-order valence-electron chi connectivity index (χ4n) is 1.63. The first kappa shape index (κ1) is 13.2. The zero-order valence-electron chi connectivity index (χ0n) is 9.94. The molecular formula is C12H11BrN2O2S. The summed E-state index contributed by atoms with van der Waals surface area (Å²) in [5.41, 5.74) is 1.53. The van der Waals surface area contributed by atoms with Crippen molar-refractivity contribution in [1.82, 2.24) is 9.59 Å². The van der Waals surface area contributed by atoms with E-state index in [0.717, 1.165) is 21.6 Å². The van der Waals surface area contributed by atoms with E-state index in [0.29, 0.717) is 16.3 Å². The van der Waals surface area contributed by atoms with E-state index < -0.39 is 0 Å². The fourth-order valence-corrected chi connectivity index (χ4v) is 2.63. The van der Waals surface area contributed by atoms with Crippen LogP contribution in [0.4, 0.5) is 0 Å². The van der Waals surface area contributed by atoms with E-state index in [4.69, 9.17) is 4.74 Å². The van der Waals surface area contributed by atoms with E-state index in [1.807, 2.05) is 18.2 Å². The van der Waals surface area contributed by atoms with Crippen molar-refractivity contribution in [2.24, 2.45) is 0 Å². The highest BCUT2D eigenvalue weighted by molar-refractivity contribution is 9.10. The standard InChI is InChI=1S/C12H11BrN2O2S/c1-7-12(18-15-14-7)10(16)6-8-5-9(13)3-4-11(8)17-2/h3-5H,6H2,1-2H3. The van der Waals surface area contributed by atoms with Crippen LogP contribution in [0.5, 0.6) is 5.75 Å². The monoisotopic (exact) mass is 326 g/mol. The third-order valence-electron chi connectivity index (χ3n) is 2.50. The molecule has 0 aliphatic carbocycles. The molecule has 0 aliphatic heterocycles. The average molecular weight is 327 g/mol. The highest BCUT2D eigenvalue weighted by Crippen LogP contribution is 2.25. The van der Waals surface area contributed by atoms with Crippen molar-refractivity contribution in [2.45, 2.75) is 13.3 Å². The Bertz CT molecular complexity index is 583. The van der Waals surface area contributed by atoms with Gasteiger partial charge in [-0.25, -0.2) is 0 Å². The van der Waals surface area contributed by atoms with Gasteiger partial charge < -0.3 is 4.74 Å². The van der Waals surface area contributed by atoms with Crippen LogP contribution >= 0.6 is 27.5 Å². The molecule has 0 amide bonds. The minimum absolute atomic E-state index is 0.0129. The molecule has 0 N–H and O–H groups in total. The van der Waals surface area contributed by atoms with Crippen LogP contribution in [0.2, 0.25) is 0 Å². The van der Waals surface area contributed by atoms with Crippen molar-refractivity contribution < 1.29 is 9.53 Å². The summed E-state index contributed by atoms with van der Waals surface area (Å²) in [6.07, 6.45) is 0.285. The van der Waals surface area contributed by atoms with Gasteiger partial charge in [0.25, 0.3) is 0 Å². The normalized spacial score (nSPS) is 10.4. The van der Waals surface area contributed by atoms with Gasteiger partial charge in [0.1, 0.15) is 10.6 Å². The molecule has 0 atom stereocenters. The van der Waals surface area contributed by atoms with Gasteiger partial charge in [-0.15, -0.1) is 5.10 Å². The molecule has 4 nitrogen and oxygen atoms in total. The van der Waals surface area contributed by atoms with Crippen molar-refractivity contribution in [2.75, 3.05) is 7.11 Å². The van der Waals surface area contributed by atoms with Gasteiger partial charge in [0, 0.05) is 16.5 Å². The van der Waals surface area contributed by atoms with Crippen LogP contribution in [0.25, 0.3) is 0 Å². The molecule has 6 heteroatoms. The van der Waals surface area contributed by atoms with Gasteiger partial charge >= 0.3 is 0 Å². The zero-order chi connectivity index (χ0) is 13.1. The first-order valence-electron chi connectivity index (χ1n) is 5.26. The van der Waals surface area contributed by atoms with E-state index in [1.54, 1.807) is 14.0 Å². The first-order chi connectivity index (χ1) is 8.61. The number of ether oxygens (including phenoxy) is 1. The number of aromatic nitrogens is 2. The molecule has 0 aliphatic rings. The molecule has 94 valence electrons. The number of carbonyl (C=O) groups excluding carboxylic acids is 1. The predicted molar refractivity (Wildman–Crippen MR) is 73.4 cm³/mol. The Kier molecular flexibility index (Phi) is 4.08. The minimum atomic E-state index is 0.0129. The largest absolute Gasteiger partial charge is 0.496 e. The molecule has 2 aromatic rings. The number of hydrogen-bond donors (Lipinski definition) is 0. The topological polar surface area (TPSA) is 52.1 Å². The number of hydrogen-bond acceptors (Lipinski definition) is 5. The summed E-state index contributed by atoms with van der Waals surface area (Å²) in [7, 11) is 1.59. The Hall–Kier alpha value is -1.27. The van der Waals surface area contributed by atoms with Crippen molar-refractivity contribution in [1.29, 1.82) is 0 Å². The van der Waals surface area contributed by atoms with Crippen LogP contribution in [-0.4, -0.2) is 22.5 Å². The van der Waals surface area contributed by atoms with Crippen LogP contribution in [0, 0.1) is 6.92 Å². The third-order valence-corrected chi connectivity index (χ3v) is 3.86. The van der Waals surface area contributed by atoms with E-state index in [-0.39, 0.29) is 12.2 Å². The van der Waals surface area contributed by atoms with E-state index in [9.17, 15) is 4.79 Å². The number of methoxy groups -OCH3 is 1. The fraction of sp³-hybridized carbons (Fsp3) is 0.250. The number of halogens is 1. The maximum absolute atomic E-state index is 12.1. The molecule has 0 unspecified atom stereocenters. The summed E-state index contributed by atoms with van der Waals surface area (Å²) >= 11 is 4.52. The van der Waals surface area contributed by atoms with Gasteiger partial charge in [-0.2, -0.15) is 0 Å². The maximum Gasteiger partial charge on any atom is 0.180 e. The SMILES string of the molecule is COc1ccc(Br)cc1CC(=O)c1snnc1C. The van der Waals surface area contributed by atoms with Crippen molar-refractivity contribution in [3.63, 3.8) is 0 Å². The Morgan fingerprint density at radius 3 is 2.89 bits per heavy atom. The third kappa shape index (κ3) is 2.76. The molecule has 0 saturated carbocycles. The van der Waals surface area contributed by atoms with Crippen LogP contribution < -0.4 is 4.74 Å². The minimum Gasteiger partial charge on any atom is -0.496 e. The molecule has 0 saturated heterocycles. The number of benzene rings is 1. The van der Waals surface area contributed by atoms with Crippen molar-refractivity contribution in [3.05, 3.63) is 38.8 Å². The van der Waals surface area contributed by atoms with Gasteiger partial charge in [0.15, 0.2) is 5.78 Å². The smallest absolute Gasteiger partial charge is 0.180 e. The zero-order valence-corrected chi connectivity index (χ0v) is 12.3. The Morgan fingerprint density at radius 2 is 2.28 bits per heavy atom. The lowest BCUT2D eigenvalue weighted by molar-refractivity contribution is 0.0995. The second kappa shape index (κ2) is 5.58. The number of rotatable bonds is 4. The van der Waals surface area contributed by atoms with Gasteiger partial charge in [-0.1, -0.05) is 20.4 Å². The lowest BCUT2D eigenvalue weighted by Crippen LogP contribution is -2.04. The Morgan fingerprint density at radius 1 is 1.50 bits per heavy atom. The van der Waals surface area contributed by atoms with Crippen molar-refractivity contribution >= 4 is 33.2 Å².